The largest absolute Gasteiger partial charge is 0.508 e. The molecule has 0 amide bonds. The Labute approximate surface area is 143 Å². The maximum atomic E-state index is 12.7. The van der Waals surface area contributed by atoms with Crippen LogP contribution < -0.4 is 0 Å². The first-order chi connectivity index (χ1) is 11.6. The number of rotatable bonds is 2. The third-order valence-corrected chi connectivity index (χ3v) is 4.97. The average Bonchev–Trinajstić information content (AvgIpc) is 2.62. The molecule has 4 rings (SSSR count). The van der Waals surface area contributed by atoms with Gasteiger partial charge in [0.1, 0.15) is 5.75 Å². The molecule has 0 atom stereocenters. The quantitative estimate of drug-likeness (QED) is 0.594. The molecule has 0 radical (unpaired) electrons. The first kappa shape index (κ1) is 14.7. The lowest BCUT2D eigenvalue weighted by molar-refractivity contribution is 0.0979. The fourth-order valence-electron chi connectivity index (χ4n) is 2.79. The Kier molecular flexibility index (Phi) is 3.47. The van der Waals surface area contributed by atoms with Crippen molar-refractivity contribution < 1.29 is 14.7 Å². The summed E-state index contributed by atoms with van der Waals surface area (Å²) in [6, 6.07) is 19.1. The summed E-state index contributed by atoms with van der Waals surface area (Å²) < 4.78 is 0. The molecule has 0 unspecified atom stereocenters. The molecule has 0 saturated heterocycles. The van der Waals surface area contributed by atoms with Crippen LogP contribution in [0.25, 0.3) is 0 Å². The number of aromatic hydroxyl groups is 1. The zero-order chi connectivity index (χ0) is 16.7. The second-order valence-corrected chi connectivity index (χ2v) is 6.65. The number of fused-ring (bicyclic) bond motifs is 2. The topological polar surface area (TPSA) is 54.4 Å². The molecule has 4 heteroatoms. The Bertz CT molecular complexity index is 974. The van der Waals surface area contributed by atoms with Gasteiger partial charge in [-0.15, -0.1) is 0 Å². The molecule has 0 aliphatic heterocycles. The van der Waals surface area contributed by atoms with Crippen LogP contribution >= 0.6 is 11.8 Å². The number of hydrogen-bond acceptors (Lipinski definition) is 4. The van der Waals surface area contributed by atoms with Crippen molar-refractivity contribution in [3.63, 3.8) is 0 Å². The van der Waals surface area contributed by atoms with Gasteiger partial charge in [0.25, 0.3) is 0 Å². The molecule has 0 heterocycles. The highest BCUT2D eigenvalue weighted by molar-refractivity contribution is 7.99. The van der Waals surface area contributed by atoms with Gasteiger partial charge in [-0.1, -0.05) is 36.0 Å². The van der Waals surface area contributed by atoms with Crippen LogP contribution in [0, 0.1) is 0 Å². The molecule has 3 aromatic carbocycles. The maximum Gasteiger partial charge on any atom is 0.194 e. The fraction of sp³-hybridized carbons (Fsp3) is 0. The number of carbonyl (C=O) groups excluding carboxylic acids is 2. The number of benzene rings is 3. The van der Waals surface area contributed by atoms with Crippen LogP contribution in [0.1, 0.15) is 31.8 Å². The van der Waals surface area contributed by atoms with Crippen LogP contribution in [-0.4, -0.2) is 16.7 Å². The monoisotopic (exact) mass is 332 g/mol. The van der Waals surface area contributed by atoms with Crippen LogP contribution in [0.2, 0.25) is 0 Å². The minimum atomic E-state index is -0.117. The van der Waals surface area contributed by atoms with E-state index in [1.165, 1.54) is 11.8 Å². The standard InChI is InChI=1S/C20H12O3S/c21-12-5-7-13(8-6-12)24-14-9-10-17-18(11-14)20(23)16-4-2-1-3-15(16)19(17)22/h1-11,21H. The molecule has 0 bridgehead atoms. The molecule has 3 aromatic rings. The van der Waals surface area contributed by atoms with E-state index in [1.807, 2.05) is 18.2 Å². The van der Waals surface area contributed by atoms with E-state index >= 15 is 0 Å². The summed E-state index contributed by atoms with van der Waals surface area (Å²) in [6.45, 7) is 0. The Morgan fingerprint density at radius 2 is 1.17 bits per heavy atom. The van der Waals surface area contributed by atoms with E-state index in [0.717, 1.165) is 9.79 Å². The first-order valence-corrected chi connectivity index (χ1v) is 8.24. The zero-order valence-corrected chi connectivity index (χ0v) is 13.3. The van der Waals surface area contributed by atoms with Gasteiger partial charge in [0.05, 0.1) is 0 Å². The fourth-order valence-corrected chi connectivity index (χ4v) is 3.65. The smallest absolute Gasteiger partial charge is 0.194 e. The van der Waals surface area contributed by atoms with E-state index in [4.69, 9.17) is 0 Å². The Balaban J connectivity index is 1.74. The molecule has 0 spiro atoms. The summed E-state index contributed by atoms with van der Waals surface area (Å²) in [6.07, 6.45) is 0. The molecular weight excluding hydrogens is 320 g/mol. The van der Waals surface area contributed by atoms with E-state index < -0.39 is 0 Å². The molecule has 0 saturated carbocycles. The van der Waals surface area contributed by atoms with Gasteiger partial charge >= 0.3 is 0 Å². The molecule has 116 valence electrons. The van der Waals surface area contributed by atoms with Crippen LogP contribution in [0.4, 0.5) is 0 Å². The second-order valence-electron chi connectivity index (χ2n) is 5.51. The Morgan fingerprint density at radius 3 is 1.83 bits per heavy atom. The minimum Gasteiger partial charge on any atom is -0.508 e. The summed E-state index contributed by atoms with van der Waals surface area (Å²) in [5.41, 5.74) is 1.83. The lowest BCUT2D eigenvalue weighted by Gasteiger charge is -2.17. The lowest BCUT2D eigenvalue weighted by Crippen LogP contribution is -2.20. The number of phenols is 1. The summed E-state index contributed by atoms with van der Waals surface area (Å²) in [4.78, 5) is 27.1. The van der Waals surface area contributed by atoms with Crippen molar-refractivity contribution in [3.8, 4) is 5.75 Å². The lowest BCUT2D eigenvalue weighted by atomic mass is 9.84. The van der Waals surface area contributed by atoms with E-state index in [2.05, 4.69) is 0 Å². The number of hydrogen-bond donors (Lipinski definition) is 1. The SMILES string of the molecule is O=C1c2ccccc2C(=O)c2cc(Sc3ccc(O)cc3)ccc21. The van der Waals surface area contributed by atoms with E-state index in [1.54, 1.807) is 48.5 Å². The van der Waals surface area contributed by atoms with Crippen LogP contribution in [0.3, 0.4) is 0 Å². The van der Waals surface area contributed by atoms with Crippen LogP contribution in [-0.2, 0) is 0 Å². The van der Waals surface area contributed by atoms with Crippen molar-refractivity contribution in [3.05, 3.63) is 89.0 Å². The van der Waals surface area contributed by atoms with Crippen molar-refractivity contribution in [2.24, 2.45) is 0 Å². The molecule has 0 aromatic heterocycles. The Morgan fingerprint density at radius 1 is 0.625 bits per heavy atom. The molecule has 1 aliphatic carbocycles. The maximum absolute atomic E-state index is 12.7. The zero-order valence-electron chi connectivity index (χ0n) is 12.5. The highest BCUT2D eigenvalue weighted by atomic mass is 32.2. The Hall–Kier alpha value is -2.85. The number of phenolic OH excluding ortho intramolecular Hbond substituents is 1. The minimum absolute atomic E-state index is 0.110. The molecule has 1 N–H and O–H groups in total. The van der Waals surface area contributed by atoms with Crippen LogP contribution in [0.5, 0.6) is 5.75 Å². The molecule has 3 nitrogen and oxygen atoms in total. The van der Waals surface area contributed by atoms with Crippen molar-refractivity contribution >= 4 is 23.3 Å². The van der Waals surface area contributed by atoms with Crippen LogP contribution in [0.15, 0.2) is 76.5 Å². The third-order valence-electron chi connectivity index (χ3n) is 3.97. The van der Waals surface area contributed by atoms with Crippen molar-refractivity contribution in [1.29, 1.82) is 0 Å². The molecule has 24 heavy (non-hydrogen) atoms. The normalized spacial score (nSPS) is 12.7. The summed E-state index contributed by atoms with van der Waals surface area (Å²) in [5, 5.41) is 9.35. The predicted molar refractivity (Wildman–Crippen MR) is 92.0 cm³/mol. The van der Waals surface area contributed by atoms with Gasteiger partial charge in [-0.05, 0) is 42.5 Å². The van der Waals surface area contributed by atoms with Gasteiger partial charge in [-0.25, -0.2) is 0 Å². The second kappa shape index (κ2) is 5.65. The van der Waals surface area contributed by atoms with Crippen molar-refractivity contribution in [1.82, 2.24) is 0 Å². The van der Waals surface area contributed by atoms with Gasteiger partial charge in [0, 0.05) is 32.0 Å². The van der Waals surface area contributed by atoms with Crippen molar-refractivity contribution in [2.75, 3.05) is 0 Å². The first-order valence-electron chi connectivity index (χ1n) is 7.43. The van der Waals surface area contributed by atoms with E-state index in [9.17, 15) is 14.7 Å². The van der Waals surface area contributed by atoms with Gasteiger partial charge in [0.2, 0.25) is 0 Å². The highest BCUT2D eigenvalue weighted by Gasteiger charge is 2.29. The molecule has 0 fully saturated rings. The highest BCUT2D eigenvalue weighted by Crippen LogP contribution is 2.33. The number of carbonyl (C=O) groups is 2. The van der Waals surface area contributed by atoms with Crippen molar-refractivity contribution in [2.45, 2.75) is 9.79 Å². The van der Waals surface area contributed by atoms with Gasteiger partial charge in [0.15, 0.2) is 11.6 Å². The summed E-state index contributed by atoms with van der Waals surface area (Å²) in [5.74, 6) is -0.0167. The third kappa shape index (κ3) is 2.41. The molecular formula is C20H12O3S. The van der Waals surface area contributed by atoms with Gasteiger partial charge < -0.3 is 5.11 Å². The summed E-state index contributed by atoms with van der Waals surface area (Å²) >= 11 is 1.48. The van der Waals surface area contributed by atoms with Gasteiger partial charge in [-0.3, -0.25) is 9.59 Å². The summed E-state index contributed by atoms with van der Waals surface area (Å²) in [7, 11) is 0. The van der Waals surface area contributed by atoms with Gasteiger partial charge in [-0.2, -0.15) is 0 Å². The molecule has 1 aliphatic rings. The predicted octanol–water partition coefficient (Wildman–Crippen LogP) is 4.32. The average molecular weight is 332 g/mol. The van der Waals surface area contributed by atoms with E-state index in [0.29, 0.717) is 22.3 Å². The van der Waals surface area contributed by atoms with E-state index in [-0.39, 0.29) is 17.3 Å². The number of ketones is 2.